The largest absolute Gasteiger partial charge is 3.00 e. The molecular formula is GdO3Ru. The topological polar surface area (TPSA) is 85.5 Å². The molecule has 0 atom stereocenters. The van der Waals surface area contributed by atoms with Gasteiger partial charge in [0.1, 0.15) is 0 Å². The monoisotopic (exact) mass is 308 g/mol. The number of rotatable bonds is 0. The van der Waals surface area contributed by atoms with E-state index in [1.54, 1.807) is 0 Å². The van der Waals surface area contributed by atoms with Crippen LogP contribution in [-0.2, 0) is 35.9 Å². The zero-order valence-corrected chi connectivity index (χ0v) is 5.94. The molecule has 3 nitrogen and oxygen atoms in total. The van der Waals surface area contributed by atoms with Crippen LogP contribution >= 0.6 is 0 Å². The van der Waals surface area contributed by atoms with Gasteiger partial charge in [0, 0.05) is 0 Å². The van der Waals surface area contributed by atoms with Gasteiger partial charge in [-0.1, -0.05) is 0 Å². The van der Waals surface area contributed by atoms with Gasteiger partial charge in [0.2, 0.25) is 0 Å². The SMILES string of the molecule is [Gd+3].[O-2].[O-2].[O-2].[Ru+3]. The van der Waals surface area contributed by atoms with Crippen molar-refractivity contribution in [2.75, 3.05) is 0 Å². The molecule has 5 heteroatoms. The third-order valence-electron chi connectivity index (χ3n) is 0. The fourth-order valence-electron chi connectivity index (χ4n) is 0. The van der Waals surface area contributed by atoms with Crippen molar-refractivity contribution in [2.45, 2.75) is 0 Å². The van der Waals surface area contributed by atoms with Crippen LogP contribution in [0.1, 0.15) is 0 Å². The zero-order chi connectivity index (χ0) is 0. The average molecular weight is 306 g/mol. The fourth-order valence-corrected chi connectivity index (χ4v) is 0. The van der Waals surface area contributed by atoms with E-state index in [2.05, 4.69) is 0 Å². The average Bonchev–Trinajstić information content (AvgIpc) is 0. The molecule has 0 N–H and O–H groups in total. The smallest absolute Gasteiger partial charge is 2.00 e. The minimum atomic E-state index is 0. The second-order valence-corrected chi connectivity index (χ2v) is 0. The molecule has 5 heavy (non-hydrogen) atoms. The van der Waals surface area contributed by atoms with Crippen molar-refractivity contribution in [3.63, 3.8) is 0 Å². The summed E-state index contributed by atoms with van der Waals surface area (Å²) in [4.78, 5) is 0. The normalized spacial score (nSPS) is 0. The molecule has 0 aromatic carbocycles. The van der Waals surface area contributed by atoms with Gasteiger partial charge in [-0.05, 0) is 0 Å². The summed E-state index contributed by atoms with van der Waals surface area (Å²) >= 11 is 0. The first-order valence-corrected chi connectivity index (χ1v) is 0. The molecule has 0 rings (SSSR count). The van der Waals surface area contributed by atoms with Gasteiger partial charge >= 0.3 is 59.4 Å². The Hall–Kier alpha value is 1.83. The van der Waals surface area contributed by atoms with Crippen molar-refractivity contribution in [1.29, 1.82) is 0 Å². The first-order chi connectivity index (χ1) is 0. The van der Waals surface area contributed by atoms with E-state index in [-0.39, 0.29) is 75.8 Å². The molecule has 0 bridgehead atoms. The molecule has 2 radical (unpaired) electrons. The Kier molecular flexibility index (Phi) is 564. The van der Waals surface area contributed by atoms with Gasteiger partial charge in [-0.2, -0.15) is 0 Å². The van der Waals surface area contributed by atoms with E-state index in [0.29, 0.717) is 0 Å². The van der Waals surface area contributed by atoms with Gasteiger partial charge < -0.3 is 16.4 Å². The minimum Gasteiger partial charge on any atom is -2.00 e. The fraction of sp³-hybridized carbons (Fsp3) is 0. The van der Waals surface area contributed by atoms with Crippen molar-refractivity contribution >= 4 is 0 Å². The molecule has 0 unspecified atom stereocenters. The Morgan fingerprint density at radius 1 is 0.600 bits per heavy atom. The predicted octanol–water partition coefficient (Wildman–Crippen LogP) is -0.359. The van der Waals surface area contributed by atoms with E-state index in [1.165, 1.54) is 0 Å². The summed E-state index contributed by atoms with van der Waals surface area (Å²) in [5, 5.41) is 0. The molecule has 0 aromatic heterocycles. The van der Waals surface area contributed by atoms with E-state index in [1.807, 2.05) is 0 Å². The van der Waals surface area contributed by atoms with Crippen LogP contribution in [0, 0.1) is 39.9 Å². The van der Waals surface area contributed by atoms with Crippen LogP contribution in [0.15, 0.2) is 0 Å². The van der Waals surface area contributed by atoms with Crippen molar-refractivity contribution in [3.05, 3.63) is 0 Å². The summed E-state index contributed by atoms with van der Waals surface area (Å²) in [6.45, 7) is 0. The van der Waals surface area contributed by atoms with Crippen molar-refractivity contribution in [1.82, 2.24) is 0 Å². The summed E-state index contributed by atoms with van der Waals surface area (Å²) in [6, 6.07) is 0. The van der Waals surface area contributed by atoms with Crippen molar-refractivity contribution < 1.29 is 75.8 Å². The Morgan fingerprint density at radius 3 is 0.600 bits per heavy atom. The van der Waals surface area contributed by atoms with Crippen LogP contribution in [0.5, 0.6) is 0 Å². The minimum absolute atomic E-state index is 0. The maximum Gasteiger partial charge on any atom is 3.00 e. The molecule has 0 aromatic rings. The molecule has 0 aliphatic carbocycles. The standard InChI is InChI=1S/Gd.3O.Ru/q+3;3*-2;+3. The summed E-state index contributed by atoms with van der Waals surface area (Å²) < 4.78 is 0. The molecule has 0 aliphatic heterocycles. The predicted molar refractivity (Wildman–Crippen MR) is 2.06 cm³/mol. The quantitative estimate of drug-likeness (QED) is 0.548. The summed E-state index contributed by atoms with van der Waals surface area (Å²) in [6.07, 6.45) is 0. The van der Waals surface area contributed by atoms with Crippen LogP contribution in [0.3, 0.4) is 0 Å². The Labute approximate surface area is 74.9 Å². The van der Waals surface area contributed by atoms with E-state index in [4.69, 9.17) is 0 Å². The first-order valence-electron chi connectivity index (χ1n) is 0. The van der Waals surface area contributed by atoms with Gasteiger partial charge in [0.25, 0.3) is 0 Å². The molecule has 0 amide bonds. The summed E-state index contributed by atoms with van der Waals surface area (Å²) in [7, 11) is 0. The van der Waals surface area contributed by atoms with Gasteiger partial charge in [0.15, 0.2) is 0 Å². The number of hydrogen-bond acceptors (Lipinski definition) is 0. The zero-order valence-electron chi connectivity index (χ0n) is 1.93. The van der Waals surface area contributed by atoms with Gasteiger partial charge in [-0.25, -0.2) is 0 Å². The molecule has 34 valence electrons. The van der Waals surface area contributed by atoms with E-state index in [9.17, 15) is 0 Å². The summed E-state index contributed by atoms with van der Waals surface area (Å²) in [5.41, 5.74) is 0. The Balaban J connectivity index is 0. The van der Waals surface area contributed by atoms with Gasteiger partial charge in [-0.15, -0.1) is 0 Å². The van der Waals surface area contributed by atoms with Crippen molar-refractivity contribution in [2.24, 2.45) is 0 Å². The maximum atomic E-state index is 0. The van der Waals surface area contributed by atoms with E-state index < -0.39 is 0 Å². The second kappa shape index (κ2) is 40.7. The Bertz CT molecular complexity index is 6.85. The third-order valence-corrected chi connectivity index (χ3v) is 0. The maximum absolute atomic E-state index is 0. The van der Waals surface area contributed by atoms with Crippen LogP contribution in [0.4, 0.5) is 0 Å². The molecule has 0 saturated carbocycles. The molecule has 0 saturated heterocycles. The molecular weight excluding hydrogens is 306 g/mol. The summed E-state index contributed by atoms with van der Waals surface area (Å²) in [5.74, 6) is 0. The number of hydrogen-bond donors (Lipinski definition) is 0. The molecule has 0 heterocycles. The van der Waals surface area contributed by atoms with Gasteiger partial charge in [-0.3, -0.25) is 0 Å². The van der Waals surface area contributed by atoms with E-state index >= 15 is 0 Å². The molecule has 0 aliphatic rings. The van der Waals surface area contributed by atoms with Crippen LogP contribution < -0.4 is 0 Å². The van der Waals surface area contributed by atoms with E-state index in [0.717, 1.165) is 0 Å². The van der Waals surface area contributed by atoms with Crippen LogP contribution in [-0.4, -0.2) is 0 Å². The van der Waals surface area contributed by atoms with Crippen LogP contribution in [0.2, 0.25) is 0 Å². The third kappa shape index (κ3) is 25.6. The van der Waals surface area contributed by atoms with Crippen molar-refractivity contribution in [3.8, 4) is 0 Å². The molecule has 0 fully saturated rings. The van der Waals surface area contributed by atoms with Gasteiger partial charge in [0.05, 0.1) is 0 Å². The second-order valence-electron chi connectivity index (χ2n) is 0. The molecule has 0 spiro atoms. The van der Waals surface area contributed by atoms with Crippen LogP contribution in [0.25, 0.3) is 0 Å². The first kappa shape index (κ1) is 69.4. The Morgan fingerprint density at radius 2 is 0.600 bits per heavy atom.